The van der Waals surface area contributed by atoms with E-state index in [9.17, 15) is 0 Å². The van der Waals surface area contributed by atoms with E-state index in [0.29, 0.717) is 17.5 Å². The summed E-state index contributed by atoms with van der Waals surface area (Å²) in [6.07, 6.45) is 3.63. The molecule has 0 saturated carbocycles. The molecule has 0 spiro atoms. The van der Waals surface area contributed by atoms with Crippen molar-refractivity contribution in [2.45, 2.75) is 0 Å². The van der Waals surface area contributed by atoms with Gasteiger partial charge in [-0.3, -0.25) is 9.97 Å². The Kier molecular flexibility index (Phi) is 8.81. The van der Waals surface area contributed by atoms with E-state index in [1.54, 1.807) is 6.20 Å². The van der Waals surface area contributed by atoms with Crippen LogP contribution in [0.3, 0.4) is 0 Å². The second-order valence-electron chi connectivity index (χ2n) is 12.8. The maximum atomic E-state index is 5.15. The van der Waals surface area contributed by atoms with Crippen molar-refractivity contribution in [1.82, 2.24) is 29.9 Å². The Balaban J connectivity index is 1.12. The first kappa shape index (κ1) is 32.5. The van der Waals surface area contributed by atoms with E-state index in [4.69, 9.17) is 24.9 Å². The molecule has 9 aromatic rings. The van der Waals surface area contributed by atoms with Gasteiger partial charge in [0, 0.05) is 34.6 Å². The Morgan fingerprint density at radius 1 is 0.259 bits per heavy atom. The van der Waals surface area contributed by atoms with Crippen LogP contribution in [0.5, 0.6) is 0 Å². The molecule has 54 heavy (non-hydrogen) atoms. The lowest BCUT2D eigenvalue weighted by Gasteiger charge is -2.15. The minimum Gasteiger partial charge on any atom is -0.255 e. The Morgan fingerprint density at radius 2 is 0.741 bits per heavy atom. The fraction of sp³-hybridized carbons (Fsp3) is 0. The Morgan fingerprint density at radius 3 is 1.35 bits per heavy atom. The Labute approximate surface area is 313 Å². The van der Waals surface area contributed by atoms with Crippen LogP contribution in [-0.2, 0) is 0 Å². The maximum absolute atomic E-state index is 5.15. The number of pyridine rings is 3. The summed E-state index contributed by atoms with van der Waals surface area (Å²) in [5.74, 6) is 1.88. The highest BCUT2D eigenvalue weighted by Crippen LogP contribution is 2.39. The lowest BCUT2D eigenvalue weighted by atomic mass is 9.92. The van der Waals surface area contributed by atoms with Crippen molar-refractivity contribution in [1.29, 1.82) is 0 Å². The number of aromatic nitrogens is 6. The van der Waals surface area contributed by atoms with E-state index in [1.807, 2.05) is 97.2 Å². The molecule has 0 aliphatic rings. The van der Waals surface area contributed by atoms with Crippen LogP contribution in [0.4, 0.5) is 0 Å². The largest absolute Gasteiger partial charge is 0.255 e. The maximum Gasteiger partial charge on any atom is 0.164 e. The van der Waals surface area contributed by atoms with Gasteiger partial charge in [-0.2, -0.15) is 0 Å². The quantitative estimate of drug-likeness (QED) is 0.158. The van der Waals surface area contributed by atoms with Crippen LogP contribution in [0, 0.1) is 0 Å². The fourth-order valence-corrected chi connectivity index (χ4v) is 6.63. The Bertz CT molecular complexity index is 2570. The van der Waals surface area contributed by atoms with Gasteiger partial charge in [0.2, 0.25) is 0 Å². The average molecular weight is 693 g/mol. The first-order chi connectivity index (χ1) is 26.8. The Hall–Kier alpha value is -7.44. The van der Waals surface area contributed by atoms with Gasteiger partial charge < -0.3 is 0 Å². The minimum atomic E-state index is 0.616. The SMILES string of the molecule is c1ccc(-c2cc(-c3ccccn3)nc(-c3ncccc3-c3ccccc3-c3ccc(-c4nc(-c5ccccc5)nc(-c5ccccc5)n4)cc3)c2)cc1. The average Bonchev–Trinajstić information content (AvgIpc) is 3.27. The zero-order chi connectivity index (χ0) is 36.1. The topological polar surface area (TPSA) is 77.3 Å². The van der Waals surface area contributed by atoms with E-state index in [1.165, 1.54) is 0 Å². The molecule has 6 nitrogen and oxygen atoms in total. The summed E-state index contributed by atoms with van der Waals surface area (Å²) in [5.41, 5.74) is 12.3. The van der Waals surface area contributed by atoms with Gasteiger partial charge in [0.05, 0.1) is 22.8 Å². The van der Waals surface area contributed by atoms with Crippen LogP contribution >= 0.6 is 0 Å². The normalized spacial score (nSPS) is 11.0. The van der Waals surface area contributed by atoms with Gasteiger partial charge in [0.15, 0.2) is 17.5 Å². The molecule has 0 fully saturated rings. The van der Waals surface area contributed by atoms with Crippen molar-refractivity contribution in [2.75, 3.05) is 0 Å². The third-order valence-electron chi connectivity index (χ3n) is 9.28. The summed E-state index contributed by atoms with van der Waals surface area (Å²) >= 11 is 0. The second kappa shape index (κ2) is 14.7. The van der Waals surface area contributed by atoms with Crippen molar-refractivity contribution in [2.24, 2.45) is 0 Å². The molecule has 4 aromatic heterocycles. The molecular weight excluding hydrogens is 661 g/mol. The smallest absolute Gasteiger partial charge is 0.164 e. The summed E-state index contributed by atoms with van der Waals surface area (Å²) in [4.78, 5) is 29.4. The molecule has 4 heterocycles. The van der Waals surface area contributed by atoms with Crippen LogP contribution in [-0.4, -0.2) is 29.9 Å². The highest BCUT2D eigenvalue weighted by Gasteiger charge is 2.18. The molecule has 0 N–H and O–H groups in total. The van der Waals surface area contributed by atoms with Crippen LogP contribution < -0.4 is 0 Å². The third kappa shape index (κ3) is 6.67. The highest BCUT2D eigenvalue weighted by molar-refractivity contribution is 5.91. The third-order valence-corrected chi connectivity index (χ3v) is 9.28. The molecule has 0 unspecified atom stereocenters. The summed E-state index contributed by atoms with van der Waals surface area (Å²) in [6, 6.07) is 61.5. The number of nitrogens with zero attached hydrogens (tertiary/aromatic N) is 6. The fourth-order valence-electron chi connectivity index (χ4n) is 6.63. The standard InChI is InChI=1S/C48H32N6/c1-4-15-33(16-5-1)38-31-43(42-24-12-13-29-49-42)51-44(32-38)45-41(23-14-30-50-45)40-22-11-10-21-39(40)34-25-27-37(28-26-34)48-53-46(35-17-6-2-7-18-35)52-47(54-48)36-19-8-3-9-20-36/h1-32H. The molecule has 0 amide bonds. The first-order valence-corrected chi connectivity index (χ1v) is 17.8. The summed E-state index contributed by atoms with van der Waals surface area (Å²) in [5, 5.41) is 0. The van der Waals surface area contributed by atoms with Crippen LogP contribution in [0.15, 0.2) is 194 Å². The monoisotopic (exact) mass is 692 g/mol. The molecule has 0 atom stereocenters. The number of benzene rings is 5. The van der Waals surface area contributed by atoms with Crippen molar-refractivity contribution in [3.05, 3.63) is 194 Å². The predicted octanol–water partition coefficient (Wildman–Crippen LogP) is 11.4. The molecule has 0 saturated heterocycles. The van der Waals surface area contributed by atoms with Crippen LogP contribution in [0.25, 0.3) is 90.3 Å². The zero-order valence-electron chi connectivity index (χ0n) is 29.2. The molecular formula is C48H32N6. The van der Waals surface area contributed by atoms with Crippen molar-refractivity contribution >= 4 is 0 Å². The van der Waals surface area contributed by atoms with Gasteiger partial charge in [-0.25, -0.2) is 19.9 Å². The van der Waals surface area contributed by atoms with Gasteiger partial charge in [0.25, 0.3) is 0 Å². The second-order valence-corrected chi connectivity index (χ2v) is 12.8. The van der Waals surface area contributed by atoms with E-state index < -0.39 is 0 Å². The summed E-state index contributed by atoms with van der Waals surface area (Å²) in [7, 11) is 0. The highest BCUT2D eigenvalue weighted by atomic mass is 15.0. The van der Waals surface area contributed by atoms with E-state index in [-0.39, 0.29) is 0 Å². The van der Waals surface area contributed by atoms with Gasteiger partial charge in [-0.1, -0.05) is 152 Å². The number of hydrogen-bond donors (Lipinski definition) is 0. The zero-order valence-corrected chi connectivity index (χ0v) is 29.2. The summed E-state index contributed by atoms with van der Waals surface area (Å²) < 4.78 is 0. The van der Waals surface area contributed by atoms with Crippen LogP contribution in [0.1, 0.15) is 0 Å². The van der Waals surface area contributed by atoms with Crippen molar-refractivity contribution in [3.8, 4) is 90.3 Å². The molecule has 0 bridgehead atoms. The van der Waals surface area contributed by atoms with Crippen LogP contribution in [0.2, 0.25) is 0 Å². The van der Waals surface area contributed by atoms with Gasteiger partial charge >= 0.3 is 0 Å². The van der Waals surface area contributed by atoms with Gasteiger partial charge in [-0.15, -0.1) is 0 Å². The first-order valence-electron chi connectivity index (χ1n) is 17.8. The molecule has 6 heteroatoms. The number of rotatable bonds is 8. The molecule has 0 radical (unpaired) electrons. The molecule has 254 valence electrons. The lowest BCUT2D eigenvalue weighted by molar-refractivity contribution is 1.07. The van der Waals surface area contributed by atoms with Crippen molar-refractivity contribution < 1.29 is 0 Å². The van der Waals surface area contributed by atoms with E-state index >= 15 is 0 Å². The number of hydrogen-bond acceptors (Lipinski definition) is 6. The minimum absolute atomic E-state index is 0.616. The van der Waals surface area contributed by atoms with Gasteiger partial charge in [-0.05, 0) is 58.1 Å². The van der Waals surface area contributed by atoms with Gasteiger partial charge in [0.1, 0.15) is 0 Å². The molecule has 0 aliphatic heterocycles. The van der Waals surface area contributed by atoms with E-state index in [2.05, 4.69) is 96.0 Å². The molecule has 0 aliphatic carbocycles. The molecule has 9 rings (SSSR count). The predicted molar refractivity (Wildman–Crippen MR) is 217 cm³/mol. The molecule has 5 aromatic carbocycles. The van der Waals surface area contributed by atoms with Crippen molar-refractivity contribution in [3.63, 3.8) is 0 Å². The van der Waals surface area contributed by atoms with E-state index in [0.717, 1.165) is 72.8 Å². The summed E-state index contributed by atoms with van der Waals surface area (Å²) in [6.45, 7) is 0. The lowest BCUT2D eigenvalue weighted by Crippen LogP contribution is -2.00.